The molecule has 31 heavy (non-hydrogen) atoms. The van der Waals surface area contributed by atoms with Crippen molar-refractivity contribution in [1.82, 2.24) is 9.21 Å². The van der Waals surface area contributed by atoms with Crippen LogP contribution in [0.3, 0.4) is 0 Å². The van der Waals surface area contributed by atoms with E-state index in [1.54, 1.807) is 35.2 Å². The number of piperazine rings is 1. The van der Waals surface area contributed by atoms with Crippen LogP contribution in [-0.4, -0.2) is 56.3 Å². The van der Waals surface area contributed by atoms with Gasteiger partial charge in [-0.25, -0.2) is 8.42 Å². The topological polar surface area (TPSA) is 90.7 Å². The lowest BCUT2D eigenvalue weighted by Gasteiger charge is -2.34. The molecule has 2 aromatic rings. The fourth-order valence-corrected chi connectivity index (χ4v) is 5.53. The van der Waals surface area contributed by atoms with Gasteiger partial charge in [0, 0.05) is 26.2 Å². The Morgan fingerprint density at radius 3 is 2.32 bits per heavy atom. The molecule has 1 saturated heterocycles. The highest BCUT2D eigenvalue weighted by Crippen LogP contribution is 2.26. The molecule has 2 aliphatic rings. The maximum absolute atomic E-state index is 13.1. The molecule has 2 aromatic carbocycles. The maximum atomic E-state index is 13.1. The molecular weight excluding hydrogens is 414 g/mol. The second kappa shape index (κ2) is 9.08. The second-order valence-electron chi connectivity index (χ2n) is 7.85. The molecule has 1 amide bonds. The molecule has 0 radical (unpaired) electrons. The van der Waals surface area contributed by atoms with Crippen LogP contribution in [0.2, 0.25) is 0 Å². The summed E-state index contributed by atoms with van der Waals surface area (Å²) in [4.78, 5) is 14.4. The van der Waals surface area contributed by atoms with Crippen LogP contribution in [-0.2, 0) is 27.7 Å². The van der Waals surface area contributed by atoms with E-state index in [1.165, 1.54) is 9.87 Å². The number of amides is 1. The van der Waals surface area contributed by atoms with Gasteiger partial charge in [0.05, 0.1) is 16.5 Å². The molecule has 0 unspecified atom stereocenters. The first-order valence-electron chi connectivity index (χ1n) is 10.5. The lowest BCUT2D eigenvalue weighted by Crippen LogP contribution is -2.51. The number of carbonyl (C=O) groups is 1. The summed E-state index contributed by atoms with van der Waals surface area (Å²) >= 11 is 0. The van der Waals surface area contributed by atoms with E-state index in [0.717, 1.165) is 31.2 Å². The van der Waals surface area contributed by atoms with Gasteiger partial charge in [-0.15, -0.1) is 0 Å². The van der Waals surface area contributed by atoms with Crippen LogP contribution >= 0.6 is 0 Å². The summed E-state index contributed by atoms with van der Waals surface area (Å²) in [5, 5.41) is 8.82. The van der Waals surface area contributed by atoms with Gasteiger partial charge in [0.25, 0.3) is 5.91 Å². The molecule has 8 heteroatoms. The van der Waals surface area contributed by atoms with Gasteiger partial charge in [0.2, 0.25) is 10.0 Å². The minimum atomic E-state index is -3.57. The van der Waals surface area contributed by atoms with Crippen molar-refractivity contribution in [3.63, 3.8) is 0 Å². The highest BCUT2D eigenvalue weighted by Gasteiger charge is 2.30. The summed E-state index contributed by atoms with van der Waals surface area (Å²) in [6, 6.07) is 14.1. The monoisotopic (exact) mass is 439 g/mol. The molecule has 1 aliphatic heterocycles. The first-order valence-corrected chi connectivity index (χ1v) is 11.9. The van der Waals surface area contributed by atoms with Gasteiger partial charge in [-0.3, -0.25) is 4.79 Å². The number of carbonyl (C=O) groups excluding carboxylic acids is 1. The summed E-state index contributed by atoms with van der Waals surface area (Å²) in [6.07, 6.45) is 4.20. The highest BCUT2D eigenvalue weighted by molar-refractivity contribution is 7.89. The summed E-state index contributed by atoms with van der Waals surface area (Å²) in [5.74, 6) is 0.330. The molecule has 1 aliphatic carbocycles. The average molecular weight is 440 g/mol. The number of benzene rings is 2. The average Bonchev–Trinajstić information content (AvgIpc) is 2.82. The van der Waals surface area contributed by atoms with E-state index in [1.807, 2.05) is 18.2 Å². The fraction of sp³-hybridized carbons (Fsp3) is 0.391. The molecule has 0 saturated carbocycles. The fourth-order valence-electron chi connectivity index (χ4n) is 4.06. The van der Waals surface area contributed by atoms with Gasteiger partial charge < -0.3 is 9.64 Å². The largest absolute Gasteiger partial charge is 0.484 e. The van der Waals surface area contributed by atoms with Crippen molar-refractivity contribution < 1.29 is 17.9 Å². The Morgan fingerprint density at radius 2 is 1.65 bits per heavy atom. The van der Waals surface area contributed by atoms with Crippen LogP contribution in [0, 0.1) is 11.3 Å². The van der Waals surface area contributed by atoms with Crippen molar-refractivity contribution >= 4 is 15.9 Å². The van der Waals surface area contributed by atoms with Crippen molar-refractivity contribution in [3.8, 4) is 11.8 Å². The van der Waals surface area contributed by atoms with E-state index in [-0.39, 0.29) is 25.6 Å². The summed E-state index contributed by atoms with van der Waals surface area (Å²) in [5.41, 5.74) is 2.92. The summed E-state index contributed by atoms with van der Waals surface area (Å²) in [7, 11) is -3.57. The molecule has 1 fully saturated rings. The smallest absolute Gasteiger partial charge is 0.260 e. The zero-order valence-corrected chi connectivity index (χ0v) is 18.1. The van der Waals surface area contributed by atoms with Crippen molar-refractivity contribution in [2.75, 3.05) is 32.8 Å². The van der Waals surface area contributed by atoms with Gasteiger partial charge in [-0.2, -0.15) is 9.57 Å². The molecule has 162 valence electrons. The van der Waals surface area contributed by atoms with Gasteiger partial charge in [0.1, 0.15) is 5.75 Å². The van der Waals surface area contributed by atoms with Gasteiger partial charge >= 0.3 is 0 Å². The van der Waals surface area contributed by atoms with Crippen LogP contribution in [0.1, 0.15) is 29.5 Å². The van der Waals surface area contributed by atoms with Gasteiger partial charge in [-0.05, 0) is 73.2 Å². The number of hydrogen-bond donors (Lipinski definition) is 0. The molecule has 7 nitrogen and oxygen atoms in total. The van der Waals surface area contributed by atoms with Crippen LogP contribution in [0.4, 0.5) is 0 Å². The van der Waals surface area contributed by atoms with Crippen molar-refractivity contribution in [1.29, 1.82) is 5.26 Å². The zero-order valence-electron chi connectivity index (χ0n) is 17.3. The lowest BCUT2D eigenvalue weighted by molar-refractivity contribution is -0.134. The number of fused-ring (bicyclic) bond motifs is 1. The minimum Gasteiger partial charge on any atom is -0.484 e. The SMILES string of the molecule is N#Cc1ccc(OCC(=O)N2CCN(S(=O)(=O)c3ccc4c(c3)CCCC4)CC2)cc1. The first kappa shape index (κ1) is 21.3. The van der Waals surface area contributed by atoms with Gasteiger partial charge in [-0.1, -0.05) is 6.07 Å². The number of sulfonamides is 1. The van der Waals surface area contributed by atoms with E-state index in [4.69, 9.17) is 10.00 Å². The van der Waals surface area contributed by atoms with Crippen molar-refractivity contribution in [3.05, 3.63) is 59.2 Å². The van der Waals surface area contributed by atoms with Crippen LogP contribution in [0.15, 0.2) is 47.4 Å². The van der Waals surface area contributed by atoms with E-state index < -0.39 is 10.0 Å². The Balaban J connectivity index is 1.33. The maximum Gasteiger partial charge on any atom is 0.260 e. The lowest BCUT2D eigenvalue weighted by atomic mass is 9.92. The predicted octanol–water partition coefficient (Wildman–Crippen LogP) is 2.35. The van der Waals surface area contributed by atoms with E-state index in [9.17, 15) is 13.2 Å². The number of nitriles is 1. The first-order chi connectivity index (χ1) is 15.0. The Bertz CT molecular complexity index is 1100. The number of hydrogen-bond acceptors (Lipinski definition) is 5. The van der Waals surface area contributed by atoms with Crippen LogP contribution in [0.5, 0.6) is 5.75 Å². The third kappa shape index (κ3) is 4.73. The Morgan fingerprint density at radius 1 is 0.968 bits per heavy atom. The molecular formula is C23H25N3O4S. The highest BCUT2D eigenvalue weighted by atomic mass is 32.2. The van der Waals surface area contributed by atoms with Gasteiger partial charge in [0.15, 0.2) is 6.61 Å². The number of aryl methyl sites for hydroxylation is 2. The number of rotatable bonds is 5. The van der Waals surface area contributed by atoms with Crippen molar-refractivity contribution in [2.45, 2.75) is 30.6 Å². The number of ether oxygens (including phenoxy) is 1. The quantitative estimate of drug-likeness (QED) is 0.713. The molecule has 0 atom stereocenters. The molecule has 0 bridgehead atoms. The molecule has 4 rings (SSSR count). The zero-order chi connectivity index (χ0) is 21.8. The molecule has 0 aromatic heterocycles. The predicted molar refractivity (Wildman–Crippen MR) is 115 cm³/mol. The Kier molecular flexibility index (Phi) is 6.25. The van der Waals surface area contributed by atoms with E-state index >= 15 is 0 Å². The summed E-state index contributed by atoms with van der Waals surface area (Å²) < 4.78 is 33.1. The third-order valence-electron chi connectivity index (χ3n) is 5.89. The minimum absolute atomic E-state index is 0.122. The molecule has 0 N–H and O–H groups in total. The van der Waals surface area contributed by atoms with E-state index in [0.29, 0.717) is 29.3 Å². The number of nitrogens with zero attached hydrogens (tertiary/aromatic N) is 3. The molecule has 1 heterocycles. The van der Waals surface area contributed by atoms with Crippen LogP contribution in [0.25, 0.3) is 0 Å². The standard InChI is InChI=1S/C23H25N3O4S/c24-16-18-5-8-21(9-6-18)30-17-23(27)25-11-13-26(14-12-25)31(28,29)22-10-7-19-3-1-2-4-20(19)15-22/h5-10,15H,1-4,11-14,17H2. The molecule has 0 spiro atoms. The van der Waals surface area contributed by atoms with E-state index in [2.05, 4.69) is 0 Å². The van der Waals surface area contributed by atoms with Crippen LogP contribution < -0.4 is 4.74 Å². The third-order valence-corrected chi connectivity index (χ3v) is 7.79. The summed E-state index contributed by atoms with van der Waals surface area (Å²) in [6.45, 7) is 1.08. The Labute approximate surface area is 182 Å². The Hall–Kier alpha value is -2.89. The van der Waals surface area contributed by atoms with Crippen molar-refractivity contribution in [2.24, 2.45) is 0 Å². The second-order valence-corrected chi connectivity index (χ2v) is 9.79. The normalized spacial score (nSPS) is 16.9.